The van der Waals surface area contributed by atoms with Gasteiger partial charge in [-0.25, -0.2) is 14.5 Å². The van der Waals surface area contributed by atoms with Gasteiger partial charge in [0.05, 0.1) is 13.9 Å². The number of halogens is 2. The number of thiophene rings is 1. The summed E-state index contributed by atoms with van der Waals surface area (Å²) in [4.78, 5) is 18.4. The van der Waals surface area contributed by atoms with Gasteiger partial charge >= 0.3 is 0 Å². The van der Waals surface area contributed by atoms with Crippen LogP contribution in [0, 0.1) is 0 Å². The van der Waals surface area contributed by atoms with E-state index in [0.29, 0.717) is 17.9 Å². The molecule has 0 spiro atoms. The molecule has 4 rings (SSSR count). The molecule has 0 unspecified atom stereocenters. The molecule has 1 aliphatic heterocycles. The highest BCUT2D eigenvalue weighted by atomic mass is 79.9. The van der Waals surface area contributed by atoms with Gasteiger partial charge in [0, 0.05) is 43.4 Å². The van der Waals surface area contributed by atoms with Crippen LogP contribution in [0.15, 0.2) is 32.8 Å². The van der Waals surface area contributed by atoms with Gasteiger partial charge in [-0.1, -0.05) is 0 Å². The molecule has 0 saturated heterocycles. The van der Waals surface area contributed by atoms with E-state index < -0.39 is 0 Å². The normalized spacial score (nSPS) is 14.4. The Labute approximate surface area is 152 Å². The van der Waals surface area contributed by atoms with Crippen molar-refractivity contribution in [2.45, 2.75) is 6.42 Å². The van der Waals surface area contributed by atoms with Crippen LogP contribution >= 0.6 is 43.2 Å². The largest absolute Gasteiger partial charge is 0.292 e. The molecule has 4 heterocycles. The number of aromatic nitrogens is 3. The third kappa shape index (κ3) is 2.56. The number of nitrogens with zero attached hydrogens (tertiary/aromatic N) is 5. The third-order valence-electron chi connectivity index (χ3n) is 3.75. The summed E-state index contributed by atoms with van der Waals surface area (Å²) in [5.74, 6) is -0.123. The zero-order chi connectivity index (χ0) is 16.1. The van der Waals surface area contributed by atoms with Crippen LogP contribution in [-0.2, 0) is 6.42 Å². The first-order chi connectivity index (χ1) is 11.0. The molecule has 3 aromatic heterocycles. The molecule has 0 aromatic carbocycles. The van der Waals surface area contributed by atoms with Gasteiger partial charge in [0.25, 0.3) is 5.91 Å². The fraction of sp³-hybridized carbons (Fsp3) is 0.214. The second-order valence-electron chi connectivity index (χ2n) is 5.17. The fourth-order valence-corrected chi connectivity index (χ4v) is 4.65. The summed E-state index contributed by atoms with van der Waals surface area (Å²) in [5, 5.41) is 7.96. The van der Waals surface area contributed by atoms with Gasteiger partial charge in [0.15, 0.2) is 11.3 Å². The molecular weight excluding hydrogens is 446 g/mol. The van der Waals surface area contributed by atoms with E-state index in [1.165, 1.54) is 4.88 Å². The summed E-state index contributed by atoms with van der Waals surface area (Å²) in [6.07, 6.45) is 4.32. The maximum absolute atomic E-state index is 12.8. The van der Waals surface area contributed by atoms with Crippen molar-refractivity contribution in [1.82, 2.24) is 19.6 Å². The third-order valence-corrected chi connectivity index (χ3v) is 5.85. The number of rotatable bonds is 1. The predicted octanol–water partition coefficient (Wildman–Crippen LogP) is 3.37. The van der Waals surface area contributed by atoms with Gasteiger partial charge in [-0.05, 0) is 37.9 Å². The minimum Gasteiger partial charge on any atom is -0.285 e. The molecule has 1 amide bonds. The van der Waals surface area contributed by atoms with E-state index in [4.69, 9.17) is 0 Å². The summed E-state index contributed by atoms with van der Waals surface area (Å²) in [7, 11) is 1.90. The molecule has 23 heavy (non-hydrogen) atoms. The molecular formula is C14H11Br2N5OS. The van der Waals surface area contributed by atoms with Crippen molar-refractivity contribution in [3.05, 3.63) is 43.4 Å². The highest BCUT2D eigenvalue weighted by Gasteiger charge is 2.29. The molecule has 0 aliphatic carbocycles. The van der Waals surface area contributed by atoms with Crippen LogP contribution in [0.4, 0.5) is 5.69 Å². The molecule has 0 N–H and O–H groups in total. The zero-order valence-electron chi connectivity index (χ0n) is 12.0. The Kier molecular flexibility index (Phi) is 3.66. The quantitative estimate of drug-likeness (QED) is 0.563. The summed E-state index contributed by atoms with van der Waals surface area (Å²) in [6, 6.07) is 3.75. The highest BCUT2D eigenvalue weighted by Crippen LogP contribution is 2.37. The van der Waals surface area contributed by atoms with E-state index in [1.807, 2.05) is 18.1 Å². The van der Waals surface area contributed by atoms with Crippen LogP contribution in [0.3, 0.4) is 0 Å². The number of hydrazine groups is 1. The first-order valence-electron chi connectivity index (χ1n) is 6.87. The Balaban J connectivity index is 1.68. The maximum atomic E-state index is 12.8. The lowest BCUT2D eigenvalue weighted by atomic mass is 10.2. The number of hydrogen-bond acceptors (Lipinski definition) is 5. The molecule has 0 bridgehead atoms. The lowest BCUT2D eigenvalue weighted by molar-refractivity contribution is 0.0733. The minimum atomic E-state index is -0.123. The minimum absolute atomic E-state index is 0.123. The van der Waals surface area contributed by atoms with Crippen molar-refractivity contribution >= 4 is 60.4 Å². The average Bonchev–Trinajstić information content (AvgIpc) is 3.09. The van der Waals surface area contributed by atoms with Gasteiger partial charge < -0.3 is 0 Å². The lowest BCUT2D eigenvalue weighted by Gasteiger charge is -2.36. The van der Waals surface area contributed by atoms with E-state index >= 15 is 0 Å². The van der Waals surface area contributed by atoms with E-state index in [-0.39, 0.29) is 5.91 Å². The van der Waals surface area contributed by atoms with Crippen LogP contribution < -0.4 is 5.01 Å². The SMILES string of the molecule is CN1c2cc(Br)sc2CCN1C(=O)c1cc2ncc(Br)cn2n1. The maximum Gasteiger partial charge on any atom is 0.292 e. The monoisotopic (exact) mass is 455 g/mol. The summed E-state index contributed by atoms with van der Waals surface area (Å²) in [6.45, 7) is 0.639. The van der Waals surface area contributed by atoms with Crippen LogP contribution in [-0.4, -0.2) is 39.1 Å². The Morgan fingerprint density at radius 2 is 2.17 bits per heavy atom. The molecule has 6 nitrogen and oxygen atoms in total. The number of anilines is 1. The first kappa shape index (κ1) is 15.1. The number of amides is 1. The number of carbonyl (C=O) groups excluding carboxylic acids is 1. The van der Waals surface area contributed by atoms with E-state index in [0.717, 1.165) is 20.4 Å². The van der Waals surface area contributed by atoms with Gasteiger partial charge in [-0.15, -0.1) is 11.3 Å². The van der Waals surface area contributed by atoms with Crippen molar-refractivity contribution < 1.29 is 4.79 Å². The number of hydrogen-bond donors (Lipinski definition) is 0. The van der Waals surface area contributed by atoms with Crippen LogP contribution in [0.1, 0.15) is 15.4 Å². The van der Waals surface area contributed by atoms with E-state index in [1.54, 1.807) is 39.3 Å². The number of carbonyl (C=O) groups is 1. The summed E-state index contributed by atoms with van der Waals surface area (Å²) in [5.41, 5.74) is 2.10. The Hall–Kier alpha value is -1.45. The lowest BCUT2D eigenvalue weighted by Crippen LogP contribution is -2.48. The van der Waals surface area contributed by atoms with Gasteiger partial charge in [0.1, 0.15) is 0 Å². The molecule has 0 fully saturated rings. The Morgan fingerprint density at radius 1 is 1.35 bits per heavy atom. The van der Waals surface area contributed by atoms with E-state index in [9.17, 15) is 4.79 Å². The van der Waals surface area contributed by atoms with E-state index in [2.05, 4.69) is 41.9 Å². The van der Waals surface area contributed by atoms with Gasteiger partial charge in [0.2, 0.25) is 0 Å². The predicted molar refractivity (Wildman–Crippen MR) is 95.8 cm³/mol. The van der Waals surface area contributed by atoms with Crippen molar-refractivity contribution in [1.29, 1.82) is 0 Å². The molecule has 118 valence electrons. The van der Waals surface area contributed by atoms with Crippen molar-refractivity contribution in [2.75, 3.05) is 18.6 Å². The molecule has 0 saturated carbocycles. The van der Waals surface area contributed by atoms with Gasteiger partial charge in [-0.2, -0.15) is 5.10 Å². The smallest absolute Gasteiger partial charge is 0.285 e. The highest BCUT2D eigenvalue weighted by molar-refractivity contribution is 9.11. The summed E-state index contributed by atoms with van der Waals surface area (Å²) >= 11 is 8.58. The topological polar surface area (TPSA) is 53.7 Å². The second-order valence-corrected chi connectivity index (χ2v) is 8.60. The Bertz CT molecular complexity index is 921. The molecule has 3 aromatic rings. The van der Waals surface area contributed by atoms with Crippen molar-refractivity contribution in [3.8, 4) is 0 Å². The summed E-state index contributed by atoms with van der Waals surface area (Å²) < 4.78 is 3.49. The zero-order valence-corrected chi connectivity index (χ0v) is 16.0. The van der Waals surface area contributed by atoms with Crippen LogP contribution in [0.25, 0.3) is 5.65 Å². The van der Waals surface area contributed by atoms with Crippen LogP contribution in [0.5, 0.6) is 0 Å². The fourth-order valence-electron chi connectivity index (χ4n) is 2.66. The standard InChI is InChI=1S/C14H11Br2N5OS/c1-19-10-5-12(16)23-11(10)2-3-21(19)14(22)9-4-13-17-6-8(15)7-20(13)18-9/h4-7H,2-3H2,1H3. The molecule has 0 atom stereocenters. The first-order valence-corrected chi connectivity index (χ1v) is 9.28. The average molecular weight is 457 g/mol. The molecule has 0 radical (unpaired) electrons. The van der Waals surface area contributed by atoms with Crippen molar-refractivity contribution in [2.24, 2.45) is 0 Å². The van der Waals surface area contributed by atoms with Crippen LogP contribution in [0.2, 0.25) is 0 Å². The van der Waals surface area contributed by atoms with Crippen molar-refractivity contribution in [3.63, 3.8) is 0 Å². The molecule has 9 heteroatoms. The number of fused-ring (bicyclic) bond motifs is 2. The van der Waals surface area contributed by atoms with Gasteiger partial charge in [-0.3, -0.25) is 9.80 Å². The Morgan fingerprint density at radius 3 is 3.00 bits per heavy atom. The molecule has 1 aliphatic rings. The second kappa shape index (κ2) is 5.57.